The Kier molecular flexibility index (Phi) is 3.40. The maximum Gasteiger partial charge on any atom is 0.232 e. The van der Waals surface area contributed by atoms with Crippen molar-refractivity contribution in [3.8, 4) is 0 Å². The van der Waals surface area contributed by atoms with Gasteiger partial charge >= 0.3 is 0 Å². The number of rotatable bonds is 2. The van der Waals surface area contributed by atoms with E-state index in [9.17, 15) is 9.59 Å². The molecule has 0 spiro atoms. The molecule has 0 aromatic rings. The van der Waals surface area contributed by atoms with E-state index in [2.05, 4.69) is 0 Å². The Morgan fingerprint density at radius 1 is 1.33 bits per heavy atom. The van der Waals surface area contributed by atoms with Crippen LogP contribution < -0.4 is 5.73 Å². The molecule has 0 aromatic heterocycles. The minimum absolute atomic E-state index is 0.136. The molecule has 1 saturated heterocycles. The Morgan fingerprint density at radius 2 is 1.92 bits per heavy atom. The van der Waals surface area contributed by atoms with Crippen LogP contribution in [0.1, 0.15) is 6.42 Å². The molecular formula is C7H12N2O2S. The molecule has 5 heteroatoms. The van der Waals surface area contributed by atoms with Gasteiger partial charge in [0.15, 0.2) is 0 Å². The number of carbonyl (C=O) groups is 2. The summed E-state index contributed by atoms with van der Waals surface area (Å²) in [6.45, 7) is 1.49. The van der Waals surface area contributed by atoms with Gasteiger partial charge in [0, 0.05) is 24.6 Å². The Morgan fingerprint density at radius 3 is 2.42 bits per heavy atom. The van der Waals surface area contributed by atoms with E-state index in [0.717, 1.165) is 24.6 Å². The molecule has 12 heavy (non-hydrogen) atoms. The van der Waals surface area contributed by atoms with Gasteiger partial charge in [-0.2, -0.15) is 11.8 Å². The van der Waals surface area contributed by atoms with Gasteiger partial charge in [-0.25, -0.2) is 0 Å². The highest BCUT2D eigenvalue weighted by Gasteiger charge is 2.17. The number of primary amides is 1. The lowest BCUT2D eigenvalue weighted by Crippen LogP contribution is -2.39. The molecule has 2 N–H and O–H groups in total. The summed E-state index contributed by atoms with van der Waals surface area (Å²) in [6, 6.07) is 0. The van der Waals surface area contributed by atoms with Gasteiger partial charge in [0.1, 0.15) is 6.42 Å². The number of hydrogen-bond donors (Lipinski definition) is 1. The molecule has 0 atom stereocenters. The van der Waals surface area contributed by atoms with Crippen LogP contribution in [0.5, 0.6) is 0 Å². The van der Waals surface area contributed by atoms with E-state index in [1.54, 1.807) is 4.90 Å². The average molecular weight is 188 g/mol. The van der Waals surface area contributed by atoms with Crippen LogP contribution in [-0.4, -0.2) is 41.3 Å². The summed E-state index contributed by atoms with van der Waals surface area (Å²) < 4.78 is 0. The second-order valence-electron chi connectivity index (χ2n) is 2.64. The van der Waals surface area contributed by atoms with Crippen molar-refractivity contribution >= 4 is 23.6 Å². The Labute approximate surface area is 75.5 Å². The summed E-state index contributed by atoms with van der Waals surface area (Å²) >= 11 is 1.82. The summed E-state index contributed by atoms with van der Waals surface area (Å²) in [6.07, 6.45) is -0.148. The van der Waals surface area contributed by atoms with E-state index in [1.165, 1.54) is 0 Å². The van der Waals surface area contributed by atoms with Crippen LogP contribution in [-0.2, 0) is 9.59 Å². The third-order valence-electron chi connectivity index (χ3n) is 1.69. The van der Waals surface area contributed by atoms with E-state index in [1.807, 2.05) is 11.8 Å². The zero-order chi connectivity index (χ0) is 8.97. The van der Waals surface area contributed by atoms with Gasteiger partial charge in [-0.1, -0.05) is 0 Å². The zero-order valence-corrected chi connectivity index (χ0v) is 7.60. The highest BCUT2D eigenvalue weighted by molar-refractivity contribution is 7.99. The maximum atomic E-state index is 11.2. The van der Waals surface area contributed by atoms with E-state index >= 15 is 0 Å². The van der Waals surface area contributed by atoms with Crippen molar-refractivity contribution in [1.29, 1.82) is 0 Å². The summed E-state index contributed by atoms with van der Waals surface area (Å²) in [7, 11) is 0. The van der Waals surface area contributed by atoms with Gasteiger partial charge in [0.25, 0.3) is 0 Å². The second-order valence-corrected chi connectivity index (χ2v) is 3.86. The molecule has 0 aromatic carbocycles. The molecule has 68 valence electrons. The highest BCUT2D eigenvalue weighted by atomic mass is 32.2. The fraction of sp³-hybridized carbons (Fsp3) is 0.714. The van der Waals surface area contributed by atoms with Crippen LogP contribution in [0.4, 0.5) is 0 Å². The minimum Gasteiger partial charge on any atom is -0.369 e. The first-order valence-corrected chi connectivity index (χ1v) is 4.99. The quantitative estimate of drug-likeness (QED) is 0.591. The normalized spacial score (nSPS) is 17.5. The third-order valence-corrected chi connectivity index (χ3v) is 2.63. The van der Waals surface area contributed by atoms with Crippen LogP contribution >= 0.6 is 11.8 Å². The smallest absolute Gasteiger partial charge is 0.232 e. The van der Waals surface area contributed by atoms with E-state index in [4.69, 9.17) is 5.73 Å². The third kappa shape index (κ3) is 2.73. The summed E-state index contributed by atoms with van der Waals surface area (Å²) in [5, 5.41) is 0. The maximum absolute atomic E-state index is 11.2. The molecule has 1 rings (SSSR count). The highest BCUT2D eigenvalue weighted by Crippen LogP contribution is 2.09. The standard InChI is InChI=1S/C7H12N2O2S/c8-6(10)5-7(11)9-1-3-12-4-2-9/h1-5H2,(H2,8,10). The average Bonchev–Trinajstić information content (AvgIpc) is 2.05. The predicted molar refractivity (Wildman–Crippen MR) is 47.7 cm³/mol. The molecule has 1 fully saturated rings. The monoisotopic (exact) mass is 188 g/mol. The molecule has 0 unspecified atom stereocenters. The number of amides is 2. The van der Waals surface area contributed by atoms with Crippen molar-refractivity contribution in [3.63, 3.8) is 0 Å². The zero-order valence-electron chi connectivity index (χ0n) is 6.78. The molecule has 2 amide bonds. The van der Waals surface area contributed by atoms with Crippen molar-refractivity contribution in [1.82, 2.24) is 4.90 Å². The van der Waals surface area contributed by atoms with Gasteiger partial charge in [-0.3, -0.25) is 9.59 Å². The van der Waals surface area contributed by atoms with Crippen molar-refractivity contribution in [3.05, 3.63) is 0 Å². The second kappa shape index (κ2) is 4.35. The van der Waals surface area contributed by atoms with E-state index in [0.29, 0.717) is 0 Å². The summed E-state index contributed by atoms with van der Waals surface area (Å²) in [4.78, 5) is 23.3. The van der Waals surface area contributed by atoms with Crippen molar-refractivity contribution in [2.75, 3.05) is 24.6 Å². The first kappa shape index (κ1) is 9.38. The molecule has 0 aliphatic carbocycles. The van der Waals surface area contributed by atoms with Gasteiger partial charge < -0.3 is 10.6 Å². The number of nitrogens with two attached hydrogens (primary N) is 1. The van der Waals surface area contributed by atoms with Crippen LogP contribution in [0.15, 0.2) is 0 Å². The van der Waals surface area contributed by atoms with Gasteiger partial charge in [-0.15, -0.1) is 0 Å². The van der Waals surface area contributed by atoms with Crippen molar-refractivity contribution in [2.24, 2.45) is 5.73 Å². The predicted octanol–water partition coefficient (Wildman–Crippen LogP) is -0.563. The van der Waals surface area contributed by atoms with E-state index in [-0.39, 0.29) is 12.3 Å². The van der Waals surface area contributed by atoms with Gasteiger partial charge in [0.2, 0.25) is 11.8 Å². The van der Waals surface area contributed by atoms with Crippen LogP contribution in [0.25, 0.3) is 0 Å². The van der Waals surface area contributed by atoms with Crippen molar-refractivity contribution in [2.45, 2.75) is 6.42 Å². The van der Waals surface area contributed by atoms with Gasteiger partial charge in [0.05, 0.1) is 0 Å². The molecule has 1 aliphatic rings. The fourth-order valence-corrected chi connectivity index (χ4v) is 1.98. The number of hydrogen-bond acceptors (Lipinski definition) is 3. The van der Waals surface area contributed by atoms with Crippen LogP contribution in [0.3, 0.4) is 0 Å². The SMILES string of the molecule is NC(=O)CC(=O)N1CCSCC1. The number of nitrogens with zero attached hydrogens (tertiary/aromatic N) is 1. The Balaban J connectivity index is 2.34. The molecular weight excluding hydrogens is 176 g/mol. The lowest BCUT2D eigenvalue weighted by Gasteiger charge is -2.25. The lowest BCUT2D eigenvalue weighted by atomic mass is 10.3. The first-order chi connectivity index (χ1) is 5.70. The number of carbonyl (C=O) groups excluding carboxylic acids is 2. The molecule has 4 nitrogen and oxygen atoms in total. The lowest BCUT2D eigenvalue weighted by molar-refractivity contribution is -0.134. The van der Waals surface area contributed by atoms with Crippen molar-refractivity contribution < 1.29 is 9.59 Å². The first-order valence-electron chi connectivity index (χ1n) is 3.84. The number of thioether (sulfide) groups is 1. The fourth-order valence-electron chi connectivity index (χ4n) is 1.07. The van der Waals surface area contributed by atoms with Crippen LogP contribution in [0.2, 0.25) is 0 Å². The van der Waals surface area contributed by atoms with Gasteiger partial charge in [-0.05, 0) is 0 Å². The molecule has 0 saturated carbocycles. The minimum atomic E-state index is -0.543. The van der Waals surface area contributed by atoms with Crippen LogP contribution in [0, 0.1) is 0 Å². The molecule has 0 radical (unpaired) electrons. The molecule has 1 aliphatic heterocycles. The summed E-state index contributed by atoms with van der Waals surface area (Å²) in [5.41, 5.74) is 4.91. The molecule has 1 heterocycles. The Bertz CT molecular complexity index is 190. The van der Waals surface area contributed by atoms with E-state index < -0.39 is 5.91 Å². The summed E-state index contributed by atoms with van der Waals surface area (Å²) in [5.74, 6) is 1.25. The topological polar surface area (TPSA) is 63.4 Å². The molecule has 0 bridgehead atoms. The Hall–Kier alpha value is -0.710. The largest absolute Gasteiger partial charge is 0.369 e.